The Morgan fingerprint density at radius 1 is 1.38 bits per heavy atom. The van der Waals surface area contributed by atoms with E-state index < -0.39 is 0 Å². The largest absolute Gasteiger partial charge is 0.384 e. The smallest absolute Gasteiger partial charge is 0.0484 e. The van der Waals surface area contributed by atoms with Gasteiger partial charge >= 0.3 is 0 Å². The highest BCUT2D eigenvalue weighted by atomic mass is 79.9. The van der Waals surface area contributed by atoms with Crippen LogP contribution >= 0.6 is 15.9 Å². The molecule has 0 atom stereocenters. The lowest BCUT2D eigenvalue weighted by molar-refractivity contribution is 0.0699. The number of anilines is 1. The van der Waals surface area contributed by atoms with Crippen molar-refractivity contribution in [2.75, 3.05) is 25.1 Å². The van der Waals surface area contributed by atoms with Gasteiger partial charge in [-0.15, -0.1) is 0 Å². The molecule has 0 unspecified atom stereocenters. The number of ether oxygens (including phenoxy) is 1. The van der Waals surface area contributed by atoms with Gasteiger partial charge < -0.3 is 10.1 Å². The van der Waals surface area contributed by atoms with Gasteiger partial charge in [0.15, 0.2) is 0 Å². The Kier molecular flexibility index (Phi) is 4.24. The van der Waals surface area contributed by atoms with Gasteiger partial charge in [0.1, 0.15) is 0 Å². The number of rotatable bonds is 3. The number of hydrogen-bond acceptors (Lipinski definition) is 2. The lowest BCUT2D eigenvalue weighted by Gasteiger charge is -2.23. The lowest BCUT2D eigenvalue weighted by Crippen LogP contribution is -2.22. The van der Waals surface area contributed by atoms with Gasteiger partial charge in [-0.25, -0.2) is 0 Å². The van der Waals surface area contributed by atoms with Crippen molar-refractivity contribution in [1.29, 1.82) is 0 Å². The normalized spacial score (nSPS) is 17.4. The molecule has 0 bridgehead atoms. The van der Waals surface area contributed by atoms with Crippen molar-refractivity contribution < 1.29 is 4.74 Å². The van der Waals surface area contributed by atoms with Crippen LogP contribution in [0, 0.1) is 12.8 Å². The molecule has 1 aromatic rings. The zero-order valence-corrected chi connectivity index (χ0v) is 11.2. The average molecular weight is 284 g/mol. The molecular formula is C13H18BrNO. The highest BCUT2D eigenvalue weighted by molar-refractivity contribution is 9.10. The molecule has 1 heterocycles. The molecule has 1 N–H and O–H groups in total. The minimum absolute atomic E-state index is 0.752. The van der Waals surface area contributed by atoms with E-state index in [0.29, 0.717) is 0 Å². The van der Waals surface area contributed by atoms with Crippen molar-refractivity contribution in [3.8, 4) is 0 Å². The van der Waals surface area contributed by atoms with E-state index in [1.807, 2.05) is 0 Å². The fourth-order valence-corrected chi connectivity index (χ4v) is 2.60. The van der Waals surface area contributed by atoms with Gasteiger partial charge in [0.2, 0.25) is 0 Å². The van der Waals surface area contributed by atoms with E-state index in [-0.39, 0.29) is 0 Å². The van der Waals surface area contributed by atoms with E-state index in [1.54, 1.807) is 0 Å². The summed E-state index contributed by atoms with van der Waals surface area (Å²) in [5.41, 5.74) is 2.47. The van der Waals surface area contributed by atoms with E-state index in [9.17, 15) is 0 Å². The third-order valence-corrected chi connectivity index (χ3v) is 3.70. The molecule has 2 nitrogen and oxygen atoms in total. The zero-order valence-electron chi connectivity index (χ0n) is 9.63. The summed E-state index contributed by atoms with van der Waals surface area (Å²) >= 11 is 3.58. The van der Waals surface area contributed by atoms with Crippen LogP contribution in [0.5, 0.6) is 0 Å². The van der Waals surface area contributed by atoms with Gasteiger partial charge in [-0.1, -0.05) is 6.07 Å². The Balaban J connectivity index is 1.88. The average Bonchev–Trinajstić information content (AvgIpc) is 2.29. The van der Waals surface area contributed by atoms with E-state index in [2.05, 4.69) is 46.4 Å². The summed E-state index contributed by atoms with van der Waals surface area (Å²) in [4.78, 5) is 0. The van der Waals surface area contributed by atoms with Crippen molar-refractivity contribution in [3.63, 3.8) is 0 Å². The maximum Gasteiger partial charge on any atom is 0.0484 e. The van der Waals surface area contributed by atoms with Crippen molar-refractivity contribution in [3.05, 3.63) is 28.2 Å². The molecule has 1 fully saturated rings. The molecule has 16 heavy (non-hydrogen) atoms. The molecule has 0 spiro atoms. The first-order valence-corrected chi connectivity index (χ1v) is 6.63. The van der Waals surface area contributed by atoms with Crippen LogP contribution in [-0.2, 0) is 4.74 Å². The predicted octanol–water partition coefficient (Wildman–Crippen LogP) is 3.60. The van der Waals surface area contributed by atoms with Crippen LogP contribution in [-0.4, -0.2) is 19.8 Å². The first-order chi connectivity index (χ1) is 7.75. The third-order valence-electron chi connectivity index (χ3n) is 3.05. The van der Waals surface area contributed by atoms with Crippen molar-refractivity contribution in [1.82, 2.24) is 0 Å². The summed E-state index contributed by atoms with van der Waals surface area (Å²) in [6, 6.07) is 6.42. The van der Waals surface area contributed by atoms with Gasteiger partial charge in [-0.2, -0.15) is 0 Å². The van der Waals surface area contributed by atoms with Crippen molar-refractivity contribution in [2.45, 2.75) is 19.8 Å². The van der Waals surface area contributed by atoms with Crippen LogP contribution < -0.4 is 5.32 Å². The number of halogens is 1. The zero-order chi connectivity index (χ0) is 11.4. The quantitative estimate of drug-likeness (QED) is 0.915. The van der Waals surface area contributed by atoms with Crippen LogP contribution in [0.3, 0.4) is 0 Å². The maximum absolute atomic E-state index is 5.35. The van der Waals surface area contributed by atoms with Gasteiger partial charge in [0.25, 0.3) is 0 Å². The van der Waals surface area contributed by atoms with E-state index >= 15 is 0 Å². The Morgan fingerprint density at radius 2 is 2.12 bits per heavy atom. The van der Waals surface area contributed by atoms with Crippen LogP contribution in [0.2, 0.25) is 0 Å². The molecule has 0 aliphatic carbocycles. The topological polar surface area (TPSA) is 21.3 Å². The summed E-state index contributed by atoms with van der Waals surface area (Å²) in [6.07, 6.45) is 2.35. The molecule has 2 rings (SSSR count). The summed E-state index contributed by atoms with van der Waals surface area (Å²) in [5, 5.41) is 3.51. The molecule has 1 aromatic carbocycles. The molecule has 0 aromatic heterocycles. The van der Waals surface area contributed by atoms with Crippen LogP contribution in [0.25, 0.3) is 0 Å². The van der Waals surface area contributed by atoms with E-state index in [0.717, 1.165) is 30.1 Å². The fraction of sp³-hybridized carbons (Fsp3) is 0.538. The number of nitrogens with one attached hydrogen (secondary N) is 1. The van der Waals surface area contributed by atoms with E-state index in [4.69, 9.17) is 4.74 Å². The third kappa shape index (κ3) is 3.22. The van der Waals surface area contributed by atoms with Gasteiger partial charge in [-0.05, 0) is 59.3 Å². The maximum atomic E-state index is 5.35. The van der Waals surface area contributed by atoms with Crippen LogP contribution in [0.1, 0.15) is 18.4 Å². The number of benzene rings is 1. The monoisotopic (exact) mass is 283 g/mol. The molecule has 0 saturated carbocycles. The second-order valence-corrected chi connectivity index (χ2v) is 5.27. The SMILES string of the molecule is Cc1ccc(NCC2CCOCC2)c(Br)c1. The molecule has 88 valence electrons. The van der Waals surface area contributed by atoms with Crippen molar-refractivity contribution >= 4 is 21.6 Å². The number of hydrogen-bond donors (Lipinski definition) is 1. The highest BCUT2D eigenvalue weighted by Crippen LogP contribution is 2.24. The first kappa shape index (κ1) is 11.9. The number of aryl methyl sites for hydroxylation is 1. The minimum atomic E-state index is 0.752. The van der Waals surface area contributed by atoms with Crippen LogP contribution in [0.15, 0.2) is 22.7 Å². The molecule has 0 amide bonds. The molecule has 0 radical (unpaired) electrons. The van der Waals surface area contributed by atoms with Crippen molar-refractivity contribution in [2.24, 2.45) is 5.92 Å². The van der Waals surface area contributed by atoms with Gasteiger partial charge in [0, 0.05) is 29.9 Å². The Hall–Kier alpha value is -0.540. The van der Waals surface area contributed by atoms with E-state index in [1.165, 1.54) is 24.1 Å². The Bertz CT molecular complexity index is 348. The van der Waals surface area contributed by atoms with Crippen LogP contribution in [0.4, 0.5) is 5.69 Å². The molecular weight excluding hydrogens is 266 g/mol. The highest BCUT2D eigenvalue weighted by Gasteiger charge is 2.13. The molecule has 3 heteroatoms. The molecule has 1 saturated heterocycles. The minimum Gasteiger partial charge on any atom is -0.384 e. The standard InChI is InChI=1S/C13H18BrNO/c1-10-2-3-13(12(14)8-10)15-9-11-4-6-16-7-5-11/h2-3,8,11,15H,4-7,9H2,1H3. The van der Waals surface area contributed by atoms with Gasteiger partial charge in [-0.3, -0.25) is 0 Å². The summed E-state index contributed by atoms with van der Waals surface area (Å²) in [5.74, 6) is 0.752. The second-order valence-electron chi connectivity index (χ2n) is 4.42. The fourth-order valence-electron chi connectivity index (χ4n) is 1.97. The molecule has 1 aliphatic heterocycles. The lowest BCUT2D eigenvalue weighted by atomic mass is 10.0. The van der Waals surface area contributed by atoms with Gasteiger partial charge in [0.05, 0.1) is 0 Å². The molecule has 1 aliphatic rings. The Morgan fingerprint density at radius 3 is 2.81 bits per heavy atom. The Labute approximate surface area is 106 Å². The predicted molar refractivity (Wildman–Crippen MR) is 70.9 cm³/mol. The second kappa shape index (κ2) is 5.69. The summed E-state index contributed by atoms with van der Waals surface area (Å²) in [7, 11) is 0. The summed E-state index contributed by atoms with van der Waals surface area (Å²) in [6.45, 7) is 4.99. The summed E-state index contributed by atoms with van der Waals surface area (Å²) < 4.78 is 6.51. The first-order valence-electron chi connectivity index (χ1n) is 5.83.